The first-order valence-electron chi connectivity index (χ1n) is 12.3. The van der Waals surface area contributed by atoms with Crippen molar-refractivity contribution in [1.29, 1.82) is 0 Å². The van der Waals surface area contributed by atoms with E-state index >= 15 is 0 Å². The number of carboxylic acid groups (broad SMARTS) is 1. The molecule has 0 aromatic rings. The van der Waals surface area contributed by atoms with Crippen molar-refractivity contribution in [3.8, 4) is 0 Å². The van der Waals surface area contributed by atoms with Crippen LogP contribution < -0.4 is 0 Å². The molecule has 0 aliphatic heterocycles. The lowest BCUT2D eigenvalue weighted by Crippen LogP contribution is -2.62. The van der Waals surface area contributed by atoms with E-state index in [1.165, 1.54) is 0 Å². The van der Waals surface area contributed by atoms with Crippen LogP contribution in [0.5, 0.6) is 0 Å². The fraction of sp³-hybridized carbons (Fsp3) is 0.960. The molecule has 4 aliphatic rings. The fourth-order valence-electron chi connectivity index (χ4n) is 8.91. The minimum Gasteiger partial charge on any atom is -0.481 e. The zero-order valence-corrected chi connectivity index (χ0v) is 19.0. The Balaban J connectivity index is 1.56. The highest BCUT2D eigenvalue weighted by molar-refractivity contribution is 5.66. The van der Waals surface area contributed by atoms with Crippen LogP contribution in [0.15, 0.2) is 0 Å². The van der Waals surface area contributed by atoms with Crippen LogP contribution in [0, 0.1) is 46.3 Å². The number of aliphatic carboxylic acids is 1. The predicted octanol–water partition coefficient (Wildman–Crippen LogP) is 3.84. The van der Waals surface area contributed by atoms with E-state index in [9.17, 15) is 20.1 Å². The molecule has 0 heterocycles. The van der Waals surface area contributed by atoms with Crippen molar-refractivity contribution in [3.05, 3.63) is 0 Å². The Labute approximate surface area is 181 Å². The van der Waals surface area contributed by atoms with Gasteiger partial charge < -0.3 is 20.4 Å². The van der Waals surface area contributed by atoms with E-state index in [0.717, 1.165) is 51.4 Å². The molecule has 0 spiro atoms. The Kier molecular flexibility index (Phi) is 6.04. The predicted molar refractivity (Wildman–Crippen MR) is 115 cm³/mol. The molecule has 0 unspecified atom stereocenters. The first kappa shape index (κ1) is 22.5. The van der Waals surface area contributed by atoms with E-state index in [1.807, 2.05) is 0 Å². The second kappa shape index (κ2) is 8.04. The van der Waals surface area contributed by atoms with Crippen molar-refractivity contribution < 1.29 is 25.2 Å². The van der Waals surface area contributed by atoms with Gasteiger partial charge in [0.15, 0.2) is 0 Å². The molecule has 172 valence electrons. The lowest BCUT2D eigenvalue weighted by atomic mass is 9.43. The summed E-state index contributed by atoms with van der Waals surface area (Å²) in [7, 11) is 0. The molecule has 11 atom stereocenters. The summed E-state index contributed by atoms with van der Waals surface area (Å²) in [5.41, 5.74) is -0.0845. The van der Waals surface area contributed by atoms with E-state index < -0.39 is 5.97 Å². The molecule has 30 heavy (non-hydrogen) atoms. The number of hydrogen-bond donors (Lipinski definition) is 4. The van der Waals surface area contributed by atoms with Gasteiger partial charge in [0.25, 0.3) is 0 Å². The van der Waals surface area contributed by atoms with Crippen LogP contribution in [0.2, 0.25) is 0 Å². The van der Waals surface area contributed by atoms with Gasteiger partial charge in [0.05, 0.1) is 18.3 Å². The molecule has 0 saturated heterocycles. The normalized spacial score (nSPS) is 51.5. The summed E-state index contributed by atoms with van der Waals surface area (Å²) in [6, 6.07) is 0. The topological polar surface area (TPSA) is 98.0 Å². The molecule has 5 heteroatoms. The third-order valence-electron chi connectivity index (χ3n) is 10.6. The van der Waals surface area contributed by atoms with Gasteiger partial charge in [0.2, 0.25) is 0 Å². The lowest BCUT2D eigenvalue weighted by molar-refractivity contribution is -0.207. The minimum atomic E-state index is -0.732. The van der Waals surface area contributed by atoms with Crippen molar-refractivity contribution in [2.24, 2.45) is 46.3 Å². The van der Waals surface area contributed by atoms with Crippen molar-refractivity contribution in [2.75, 3.05) is 0 Å². The molecular weight excluding hydrogens is 380 g/mol. The smallest absolute Gasteiger partial charge is 0.303 e. The van der Waals surface area contributed by atoms with Crippen molar-refractivity contribution >= 4 is 5.97 Å². The van der Waals surface area contributed by atoms with E-state index in [0.29, 0.717) is 36.0 Å². The Hall–Kier alpha value is -0.650. The average molecular weight is 423 g/mol. The monoisotopic (exact) mass is 422 g/mol. The van der Waals surface area contributed by atoms with Crippen LogP contribution in [0.4, 0.5) is 0 Å². The molecule has 4 rings (SSSR count). The zero-order chi connectivity index (χ0) is 21.8. The maximum absolute atomic E-state index is 11.5. The second-order valence-corrected chi connectivity index (χ2v) is 11.8. The van der Waals surface area contributed by atoms with Gasteiger partial charge in [-0.05, 0) is 104 Å². The first-order chi connectivity index (χ1) is 14.1. The van der Waals surface area contributed by atoms with Gasteiger partial charge in [0.1, 0.15) is 0 Å². The van der Waals surface area contributed by atoms with E-state index in [-0.39, 0.29) is 41.5 Å². The van der Waals surface area contributed by atoms with Gasteiger partial charge >= 0.3 is 5.97 Å². The molecule has 0 aromatic carbocycles. The van der Waals surface area contributed by atoms with Gasteiger partial charge in [-0.1, -0.05) is 20.8 Å². The number of fused-ring (bicyclic) bond motifs is 5. The molecule has 4 N–H and O–H groups in total. The van der Waals surface area contributed by atoms with Gasteiger partial charge in [-0.3, -0.25) is 4.79 Å². The third kappa shape index (κ3) is 3.44. The second-order valence-electron chi connectivity index (χ2n) is 11.8. The molecule has 0 amide bonds. The van der Waals surface area contributed by atoms with Crippen LogP contribution in [-0.2, 0) is 4.79 Å². The summed E-state index contributed by atoms with van der Waals surface area (Å²) in [6.45, 7) is 6.86. The number of aliphatic hydroxyl groups excluding tert-OH is 3. The Bertz CT molecular complexity index is 651. The van der Waals surface area contributed by atoms with E-state index in [2.05, 4.69) is 20.8 Å². The minimum absolute atomic E-state index is 0.108. The van der Waals surface area contributed by atoms with Crippen LogP contribution in [0.1, 0.15) is 85.0 Å². The highest BCUT2D eigenvalue weighted by Crippen LogP contribution is 2.68. The molecule has 0 radical (unpaired) electrons. The van der Waals surface area contributed by atoms with Crippen molar-refractivity contribution in [1.82, 2.24) is 0 Å². The van der Waals surface area contributed by atoms with Crippen LogP contribution in [0.3, 0.4) is 0 Å². The van der Waals surface area contributed by atoms with Crippen molar-refractivity contribution in [3.63, 3.8) is 0 Å². The quantitative estimate of drug-likeness (QED) is 0.540. The summed E-state index contributed by atoms with van der Waals surface area (Å²) >= 11 is 0. The molecule has 4 aliphatic carbocycles. The largest absolute Gasteiger partial charge is 0.481 e. The molecule has 5 nitrogen and oxygen atoms in total. The first-order valence-corrected chi connectivity index (χ1v) is 12.3. The van der Waals surface area contributed by atoms with Gasteiger partial charge in [0, 0.05) is 6.42 Å². The molecule has 0 bridgehead atoms. The van der Waals surface area contributed by atoms with Gasteiger partial charge in [-0.25, -0.2) is 0 Å². The number of hydrogen-bond acceptors (Lipinski definition) is 4. The lowest BCUT2D eigenvalue weighted by Gasteiger charge is -2.63. The maximum Gasteiger partial charge on any atom is 0.303 e. The Morgan fingerprint density at radius 2 is 1.77 bits per heavy atom. The highest BCUT2D eigenvalue weighted by atomic mass is 16.4. The number of rotatable bonds is 5. The summed E-state index contributed by atoms with van der Waals surface area (Å²) < 4.78 is 0. The zero-order valence-electron chi connectivity index (χ0n) is 19.0. The molecule has 4 fully saturated rings. The summed E-state index contributed by atoms with van der Waals surface area (Å²) in [4.78, 5) is 10.9. The Morgan fingerprint density at radius 1 is 1.03 bits per heavy atom. The summed E-state index contributed by atoms with van der Waals surface area (Å²) in [5, 5.41) is 42.0. The molecular formula is C25H42O5. The number of aliphatic hydroxyl groups is 3. The van der Waals surface area contributed by atoms with Crippen LogP contribution in [-0.4, -0.2) is 44.7 Å². The summed E-state index contributed by atoms with van der Waals surface area (Å²) in [6.07, 6.45) is 7.16. The van der Waals surface area contributed by atoms with Crippen molar-refractivity contribution in [2.45, 2.75) is 103 Å². The van der Waals surface area contributed by atoms with Crippen LogP contribution >= 0.6 is 0 Å². The highest BCUT2D eigenvalue weighted by Gasteiger charge is 2.65. The number of carbonyl (C=O) groups is 1. The standard InChI is InChI=1S/C25H42O5/c1-14(5-4-6-22(29)30)17-7-8-18-23-19(13-21(28)25(17,18)3)24(2)10-9-16(26)11-15(24)12-20(23)27/h14-21,23,26-28H,4-13H2,1-3H3,(H,29,30)/t14-,15+,16-,17-,18+,19+,20+,21+,23+,24+,25-/m1/s1. The molecule has 4 saturated carbocycles. The van der Waals surface area contributed by atoms with Gasteiger partial charge in [-0.15, -0.1) is 0 Å². The fourth-order valence-corrected chi connectivity index (χ4v) is 8.91. The maximum atomic E-state index is 11.5. The van der Waals surface area contributed by atoms with E-state index in [4.69, 9.17) is 5.11 Å². The van der Waals surface area contributed by atoms with Crippen LogP contribution in [0.25, 0.3) is 0 Å². The van der Waals surface area contributed by atoms with Gasteiger partial charge in [-0.2, -0.15) is 0 Å². The summed E-state index contributed by atoms with van der Waals surface area (Å²) in [5.74, 6) is 1.29. The Morgan fingerprint density at radius 3 is 2.47 bits per heavy atom. The SMILES string of the molecule is C[C@H](CCCC(=O)O)[C@H]1CC[C@H]2[C@@H]3[C@@H](O)C[C@@H]4C[C@H](O)CC[C@]4(C)[C@H]3C[C@H](O)[C@]12C. The molecule has 0 aromatic heterocycles. The van der Waals surface area contributed by atoms with E-state index in [1.54, 1.807) is 0 Å². The average Bonchev–Trinajstić information content (AvgIpc) is 3.02. The third-order valence-corrected chi connectivity index (χ3v) is 10.6. The number of carboxylic acids is 1.